The van der Waals surface area contributed by atoms with Crippen molar-refractivity contribution in [2.45, 2.75) is 20.1 Å². The van der Waals surface area contributed by atoms with Gasteiger partial charge in [-0.2, -0.15) is 0 Å². The van der Waals surface area contributed by atoms with Gasteiger partial charge in [-0.15, -0.1) is 0 Å². The number of hydrogen-bond donors (Lipinski definition) is 1. The van der Waals surface area contributed by atoms with Crippen molar-refractivity contribution in [3.63, 3.8) is 0 Å². The first kappa shape index (κ1) is 14.4. The molecule has 0 aliphatic heterocycles. The third-order valence-electron chi connectivity index (χ3n) is 2.84. The van der Waals surface area contributed by atoms with Gasteiger partial charge in [0.1, 0.15) is 12.4 Å². The van der Waals surface area contributed by atoms with Crippen molar-refractivity contribution in [3.8, 4) is 5.75 Å². The van der Waals surface area contributed by atoms with Crippen LogP contribution in [0.5, 0.6) is 5.75 Å². The first-order chi connectivity index (χ1) is 9.10. The monoisotopic (exact) mass is 339 g/mol. The van der Waals surface area contributed by atoms with Crippen LogP contribution in [0.2, 0.25) is 5.02 Å². The highest BCUT2D eigenvalue weighted by Gasteiger charge is 2.04. The first-order valence-corrected chi connectivity index (χ1v) is 7.13. The van der Waals surface area contributed by atoms with E-state index in [0.29, 0.717) is 13.2 Å². The Morgan fingerprint density at radius 2 is 1.95 bits per heavy atom. The van der Waals surface area contributed by atoms with Crippen molar-refractivity contribution in [1.82, 2.24) is 0 Å². The van der Waals surface area contributed by atoms with E-state index in [1.54, 1.807) is 0 Å². The molecule has 0 saturated carbocycles. The van der Waals surface area contributed by atoms with Gasteiger partial charge < -0.3 is 10.5 Å². The highest BCUT2D eigenvalue weighted by Crippen LogP contribution is 2.24. The molecule has 0 spiro atoms. The second-order valence-electron chi connectivity index (χ2n) is 4.34. The SMILES string of the molecule is Cc1ccc(COc2ccc(Br)c(CN)c2)c(Cl)c1. The van der Waals surface area contributed by atoms with Crippen LogP contribution in [0.4, 0.5) is 0 Å². The third-order valence-corrected chi connectivity index (χ3v) is 3.97. The van der Waals surface area contributed by atoms with Gasteiger partial charge in [0.25, 0.3) is 0 Å². The lowest BCUT2D eigenvalue weighted by Crippen LogP contribution is -2.00. The summed E-state index contributed by atoms with van der Waals surface area (Å²) in [5.74, 6) is 0.792. The van der Waals surface area contributed by atoms with Crippen LogP contribution in [0.3, 0.4) is 0 Å². The van der Waals surface area contributed by atoms with Crippen LogP contribution >= 0.6 is 27.5 Å². The van der Waals surface area contributed by atoms with E-state index in [4.69, 9.17) is 22.1 Å². The number of ether oxygens (including phenoxy) is 1. The quantitative estimate of drug-likeness (QED) is 0.892. The smallest absolute Gasteiger partial charge is 0.120 e. The van der Waals surface area contributed by atoms with Crippen molar-refractivity contribution >= 4 is 27.5 Å². The second-order valence-corrected chi connectivity index (χ2v) is 5.60. The largest absolute Gasteiger partial charge is 0.489 e. The molecule has 0 bridgehead atoms. The number of hydrogen-bond acceptors (Lipinski definition) is 2. The zero-order valence-electron chi connectivity index (χ0n) is 10.6. The van der Waals surface area contributed by atoms with Crippen LogP contribution in [0, 0.1) is 6.92 Å². The summed E-state index contributed by atoms with van der Waals surface area (Å²) in [6.07, 6.45) is 0. The molecule has 2 rings (SSSR count). The Kier molecular flexibility index (Phi) is 4.86. The van der Waals surface area contributed by atoms with Crippen molar-refractivity contribution in [2.24, 2.45) is 5.73 Å². The molecule has 0 saturated heterocycles. The van der Waals surface area contributed by atoms with Crippen LogP contribution in [0.25, 0.3) is 0 Å². The van der Waals surface area contributed by atoms with E-state index < -0.39 is 0 Å². The molecule has 0 aliphatic rings. The van der Waals surface area contributed by atoms with Gasteiger partial charge >= 0.3 is 0 Å². The molecule has 0 amide bonds. The standard InChI is InChI=1S/C15H15BrClNO/c1-10-2-3-11(15(17)6-10)9-19-13-4-5-14(16)12(7-13)8-18/h2-7H,8-9,18H2,1H3. The highest BCUT2D eigenvalue weighted by atomic mass is 79.9. The molecule has 0 heterocycles. The molecule has 0 radical (unpaired) electrons. The second kappa shape index (κ2) is 6.42. The zero-order valence-corrected chi connectivity index (χ0v) is 13.0. The Morgan fingerprint density at radius 1 is 1.16 bits per heavy atom. The number of nitrogens with two attached hydrogens (primary N) is 1. The maximum absolute atomic E-state index is 6.17. The van der Waals surface area contributed by atoms with Gasteiger partial charge in [-0.25, -0.2) is 0 Å². The summed E-state index contributed by atoms with van der Waals surface area (Å²) in [5, 5.41) is 0.733. The summed E-state index contributed by atoms with van der Waals surface area (Å²) in [6, 6.07) is 11.7. The number of aryl methyl sites for hydroxylation is 1. The van der Waals surface area contributed by atoms with E-state index in [1.165, 1.54) is 0 Å². The fourth-order valence-corrected chi connectivity index (χ4v) is 2.43. The van der Waals surface area contributed by atoms with Gasteiger partial charge in [-0.3, -0.25) is 0 Å². The Morgan fingerprint density at radius 3 is 2.63 bits per heavy atom. The summed E-state index contributed by atoms with van der Waals surface area (Å²) < 4.78 is 6.75. The van der Waals surface area contributed by atoms with Crippen LogP contribution in [-0.2, 0) is 13.2 Å². The lowest BCUT2D eigenvalue weighted by atomic mass is 10.1. The number of benzene rings is 2. The Hall–Kier alpha value is -1.03. The summed E-state index contributed by atoms with van der Waals surface area (Å²) in [4.78, 5) is 0. The molecule has 2 nitrogen and oxygen atoms in total. The maximum Gasteiger partial charge on any atom is 0.120 e. The van der Waals surface area contributed by atoms with Gasteiger partial charge in [0.05, 0.1) is 0 Å². The Bertz CT molecular complexity index is 586. The molecule has 0 atom stereocenters. The average molecular weight is 341 g/mol. The van der Waals surface area contributed by atoms with Gasteiger partial charge in [0.2, 0.25) is 0 Å². The van der Waals surface area contributed by atoms with E-state index in [9.17, 15) is 0 Å². The average Bonchev–Trinajstić information content (AvgIpc) is 2.39. The normalized spacial score (nSPS) is 10.5. The van der Waals surface area contributed by atoms with Crippen molar-refractivity contribution in [1.29, 1.82) is 0 Å². The molecule has 0 aliphatic carbocycles. The third kappa shape index (κ3) is 3.72. The predicted molar refractivity (Wildman–Crippen MR) is 82.6 cm³/mol. The number of halogens is 2. The fourth-order valence-electron chi connectivity index (χ4n) is 1.73. The molecule has 2 aromatic rings. The van der Waals surface area contributed by atoms with E-state index in [-0.39, 0.29) is 0 Å². The van der Waals surface area contributed by atoms with Crippen LogP contribution in [-0.4, -0.2) is 0 Å². The first-order valence-electron chi connectivity index (χ1n) is 5.96. The predicted octanol–water partition coefficient (Wildman–Crippen LogP) is 4.45. The van der Waals surface area contributed by atoms with Gasteiger partial charge in [-0.1, -0.05) is 39.7 Å². The van der Waals surface area contributed by atoms with Crippen LogP contribution in [0.1, 0.15) is 16.7 Å². The van der Waals surface area contributed by atoms with Crippen molar-refractivity contribution < 1.29 is 4.74 Å². The van der Waals surface area contributed by atoms with E-state index in [0.717, 1.165) is 31.9 Å². The minimum absolute atomic E-state index is 0.449. The zero-order chi connectivity index (χ0) is 13.8. The topological polar surface area (TPSA) is 35.2 Å². The fraction of sp³-hybridized carbons (Fsp3) is 0.200. The van der Waals surface area contributed by atoms with Gasteiger partial charge in [0, 0.05) is 21.6 Å². The summed E-state index contributed by atoms with van der Waals surface area (Å²) in [5.41, 5.74) is 8.80. The van der Waals surface area contributed by atoms with Gasteiger partial charge in [0.15, 0.2) is 0 Å². The minimum Gasteiger partial charge on any atom is -0.489 e. The molecule has 0 unspecified atom stereocenters. The van der Waals surface area contributed by atoms with E-state index in [1.807, 2.05) is 43.3 Å². The van der Waals surface area contributed by atoms with Crippen LogP contribution in [0.15, 0.2) is 40.9 Å². The minimum atomic E-state index is 0.449. The number of rotatable bonds is 4. The summed E-state index contributed by atoms with van der Waals surface area (Å²) in [6.45, 7) is 2.94. The molecular formula is C15H15BrClNO. The Labute approximate surface area is 126 Å². The molecule has 0 fully saturated rings. The molecule has 0 aromatic heterocycles. The molecule has 100 valence electrons. The lowest BCUT2D eigenvalue weighted by molar-refractivity contribution is 0.306. The lowest BCUT2D eigenvalue weighted by Gasteiger charge is -2.10. The van der Waals surface area contributed by atoms with Crippen molar-refractivity contribution in [2.75, 3.05) is 0 Å². The molecule has 19 heavy (non-hydrogen) atoms. The van der Waals surface area contributed by atoms with Crippen molar-refractivity contribution in [3.05, 3.63) is 62.6 Å². The summed E-state index contributed by atoms with van der Waals surface area (Å²) >= 11 is 9.62. The molecule has 4 heteroatoms. The molecule has 2 aromatic carbocycles. The maximum atomic E-state index is 6.17. The van der Waals surface area contributed by atoms with E-state index >= 15 is 0 Å². The summed E-state index contributed by atoms with van der Waals surface area (Å²) in [7, 11) is 0. The Balaban J connectivity index is 2.10. The van der Waals surface area contributed by atoms with Gasteiger partial charge in [-0.05, 0) is 42.3 Å². The van der Waals surface area contributed by atoms with Crippen LogP contribution < -0.4 is 10.5 Å². The molecule has 2 N–H and O–H groups in total. The highest BCUT2D eigenvalue weighted by molar-refractivity contribution is 9.10. The molecular weight excluding hydrogens is 326 g/mol. The van der Waals surface area contributed by atoms with E-state index in [2.05, 4.69) is 15.9 Å².